The van der Waals surface area contributed by atoms with Gasteiger partial charge in [-0.2, -0.15) is 8.42 Å². The van der Waals surface area contributed by atoms with Gasteiger partial charge in [-0.1, -0.05) is 150 Å². The van der Waals surface area contributed by atoms with E-state index in [9.17, 15) is 28.5 Å². The highest BCUT2D eigenvalue weighted by atomic mass is 32.3. The summed E-state index contributed by atoms with van der Waals surface area (Å²) in [4.78, 5) is 12.9. The number of carbonyl (C=O) groups excluding carboxylic acids is 1. The Kier molecular flexibility index (Phi) is 36.8. The highest BCUT2D eigenvalue weighted by molar-refractivity contribution is 7.80. The number of rotatable bonds is 39. The van der Waals surface area contributed by atoms with E-state index in [0.717, 1.165) is 109 Å². The van der Waals surface area contributed by atoms with E-state index >= 15 is 0 Å². The molecule has 0 radical (unpaired) electrons. The normalized spacial score (nSPS) is 20.8. The predicted molar refractivity (Wildman–Crippen MR) is 248 cm³/mol. The van der Waals surface area contributed by atoms with Crippen molar-refractivity contribution >= 4 is 16.4 Å². The van der Waals surface area contributed by atoms with Crippen molar-refractivity contribution in [1.82, 2.24) is 0 Å². The van der Waals surface area contributed by atoms with Gasteiger partial charge in [0.1, 0.15) is 30.5 Å². The van der Waals surface area contributed by atoms with Crippen LogP contribution in [0.3, 0.4) is 0 Å². The third kappa shape index (κ3) is 32.9. The summed E-state index contributed by atoms with van der Waals surface area (Å²) in [5.41, 5.74) is 0. The van der Waals surface area contributed by atoms with Gasteiger partial charge < -0.3 is 34.3 Å². The molecule has 0 spiro atoms. The molecule has 6 atom stereocenters. The molecule has 1 heterocycles. The number of allylic oxidation sites excluding steroid dienone is 14. The second-order valence-electron chi connectivity index (χ2n) is 15.6. The van der Waals surface area contributed by atoms with Gasteiger partial charge in [-0.25, -0.2) is 4.18 Å². The first-order valence-corrected chi connectivity index (χ1v) is 24.7. The average molecular weight is 895 g/mol. The minimum atomic E-state index is -5.07. The third-order valence-electron chi connectivity index (χ3n) is 10.0. The van der Waals surface area contributed by atoms with Crippen LogP contribution in [0.15, 0.2) is 85.1 Å². The average Bonchev–Trinajstić information content (AvgIpc) is 3.24. The van der Waals surface area contributed by atoms with E-state index in [1.165, 1.54) is 19.3 Å². The predicted octanol–water partition coefficient (Wildman–Crippen LogP) is 10.1. The molecule has 1 aliphatic rings. The van der Waals surface area contributed by atoms with Crippen LogP contribution in [0.1, 0.15) is 155 Å². The zero-order chi connectivity index (χ0) is 45.4. The van der Waals surface area contributed by atoms with Crippen molar-refractivity contribution < 1.29 is 56.2 Å². The van der Waals surface area contributed by atoms with Gasteiger partial charge >= 0.3 is 16.4 Å². The molecular formula is C49H82O12S. The Morgan fingerprint density at radius 3 is 1.55 bits per heavy atom. The fourth-order valence-corrected chi connectivity index (χ4v) is 7.07. The molecular weight excluding hydrogens is 813 g/mol. The van der Waals surface area contributed by atoms with Crippen LogP contribution in [-0.2, 0) is 38.3 Å². The van der Waals surface area contributed by atoms with Gasteiger partial charge in [0, 0.05) is 13.0 Å². The molecule has 0 aromatic heterocycles. The molecule has 1 rings (SSSR count). The maximum atomic E-state index is 12.9. The van der Waals surface area contributed by atoms with Gasteiger partial charge in [0.25, 0.3) is 0 Å². The summed E-state index contributed by atoms with van der Waals surface area (Å²) in [6.07, 6.45) is 43.3. The lowest BCUT2D eigenvalue weighted by Crippen LogP contribution is -2.60. The number of unbranched alkanes of at least 4 members (excludes halogenated alkanes) is 12. The van der Waals surface area contributed by atoms with E-state index in [-0.39, 0.29) is 19.6 Å². The van der Waals surface area contributed by atoms with E-state index in [1.807, 2.05) is 0 Å². The summed E-state index contributed by atoms with van der Waals surface area (Å²) in [6, 6.07) is 0. The first kappa shape index (κ1) is 57.3. The zero-order valence-corrected chi connectivity index (χ0v) is 38.7. The van der Waals surface area contributed by atoms with E-state index in [1.54, 1.807) is 0 Å². The minimum Gasteiger partial charge on any atom is -0.457 e. The summed E-state index contributed by atoms with van der Waals surface area (Å²) in [5, 5.41) is 30.7. The fraction of sp³-hybridized carbons (Fsp3) is 0.694. The number of esters is 1. The number of aliphatic hydroxyl groups is 3. The van der Waals surface area contributed by atoms with Gasteiger partial charge in [-0.15, -0.1) is 0 Å². The molecule has 1 aliphatic heterocycles. The van der Waals surface area contributed by atoms with Gasteiger partial charge in [0.05, 0.1) is 19.8 Å². The third-order valence-corrected chi connectivity index (χ3v) is 10.5. The van der Waals surface area contributed by atoms with E-state index in [2.05, 4.69) is 103 Å². The number of ether oxygens (including phenoxy) is 4. The molecule has 13 heteroatoms. The van der Waals surface area contributed by atoms with Crippen LogP contribution in [0.2, 0.25) is 0 Å². The Morgan fingerprint density at radius 2 is 1.06 bits per heavy atom. The first-order chi connectivity index (χ1) is 30.1. The Morgan fingerprint density at radius 1 is 0.613 bits per heavy atom. The van der Waals surface area contributed by atoms with Crippen LogP contribution in [0.25, 0.3) is 0 Å². The van der Waals surface area contributed by atoms with Crippen LogP contribution in [-0.4, -0.2) is 97.5 Å². The summed E-state index contributed by atoms with van der Waals surface area (Å²) in [5.74, 6) is -0.424. The Hall–Kier alpha value is -2.72. The SMILES string of the molecule is CC/C=C\C/C=C\C/C=C\C/C=C\CCCCCCCCCOCC(COC1OC(CO)C(O)C(OS(=O)(=O)O)C1O)OC(=O)CCCCCCC/C=C\C/C=C\C/C=C\CC. The molecule has 0 aromatic rings. The number of hydrogen-bond donors (Lipinski definition) is 4. The largest absolute Gasteiger partial charge is 0.457 e. The van der Waals surface area contributed by atoms with E-state index in [4.69, 9.17) is 23.5 Å². The lowest BCUT2D eigenvalue weighted by molar-refractivity contribution is -0.301. The monoisotopic (exact) mass is 895 g/mol. The van der Waals surface area contributed by atoms with Crippen LogP contribution in [0.5, 0.6) is 0 Å². The van der Waals surface area contributed by atoms with Crippen molar-refractivity contribution in [2.45, 2.75) is 192 Å². The lowest BCUT2D eigenvalue weighted by atomic mass is 9.99. The summed E-state index contributed by atoms with van der Waals surface area (Å²) in [7, 11) is -5.07. The van der Waals surface area contributed by atoms with Crippen LogP contribution in [0.4, 0.5) is 0 Å². The van der Waals surface area contributed by atoms with Crippen molar-refractivity contribution in [2.24, 2.45) is 0 Å². The molecule has 0 aliphatic carbocycles. The molecule has 0 saturated carbocycles. The van der Waals surface area contributed by atoms with Crippen molar-refractivity contribution in [1.29, 1.82) is 0 Å². The molecule has 1 fully saturated rings. The highest BCUT2D eigenvalue weighted by Crippen LogP contribution is 2.26. The standard InChI is InChI=1S/C49H82O12S/c1-3-5-7-9-11-13-15-17-19-20-21-22-23-25-27-29-31-33-35-37-39-57-41-43(42-58-49-47(53)48(61-62(54,55)56)46(52)44(40-50)60-49)59-45(51)38-36-34-32-30-28-26-24-18-16-14-12-10-8-6-4-2/h5-8,11-14,17-19,21-22,24,43-44,46-50,52-53H,3-4,9-10,15-16,20,23,25-42H2,1-2H3,(H,54,55,56)/b7-5-,8-6-,13-11-,14-12-,19-17-,22-21-,24-18-. The highest BCUT2D eigenvalue weighted by Gasteiger charge is 2.48. The minimum absolute atomic E-state index is 0.0159. The molecule has 1 saturated heterocycles. The van der Waals surface area contributed by atoms with Crippen molar-refractivity contribution in [2.75, 3.05) is 26.4 Å². The van der Waals surface area contributed by atoms with Crippen LogP contribution >= 0.6 is 0 Å². The molecule has 6 unspecified atom stereocenters. The van der Waals surface area contributed by atoms with Gasteiger partial charge in [0.15, 0.2) is 6.29 Å². The Labute approximate surface area is 374 Å². The molecule has 62 heavy (non-hydrogen) atoms. The molecule has 0 bridgehead atoms. The molecule has 4 N–H and O–H groups in total. The van der Waals surface area contributed by atoms with Crippen molar-refractivity contribution in [3.63, 3.8) is 0 Å². The Balaban J connectivity index is 2.43. The van der Waals surface area contributed by atoms with Crippen LogP contribution < -0.4 is 0 Å². The second kappa shape index (κ2) is 39.8. The Bertz CT molecular complexity index is 1400. The number of carbonyl (C=O) groups is 1. The lowest BCUT2D eigenvalue weighted by Gasteiger charge is -2.41. The maximum Gasteiger partial charge on any atom is 0.397 e. The summed E-state index contributed by atoms with van der Waals surface area (Å²) < 4.78 is 59.1. The second-order valence-corrected chi connectivity index (χ2v) is 16.6. The maximum absolute atomic E-state index is 12.9. The van der Waals surface area contributed by atoms with Gasteiger partial charge in [-0.05, 0) is 83.5 Å². The molecule has 0 aromatic carbocycles. The number of hydrogen-bond acceptors (Lipinski definition) is 11. The zero-order valence-electron chi connectivity index (χ0n) is 37.9. The summed E-state index contributed by atoms with van der Waals surface area (Å²) in [6.45, 7) is 3.70. The quantitative estimate of drug-likeness (QED) is 0.0199. The van der Waals surface area contributed by atoms with Gasteiger partial charge in [0.2, 0.25) is 0 Å². The van der Waals surface area contributed by atoms with Crippen molar-refractivity contribution in [3.8, 4) is 0 Å². The van der Waals surface area contributed by atoms with Crippen LogP contribution in [0, 0.1) is 0 Å². The molecule has 356 valence electrons. The number of aliphatic hydroxyl groups excluding tert-OH is 3. The van der Waals surface area contributed by atoms with E-state index < -0.39 is 59.8 Å². The van der Waals surface area contributed by atoms with E-state index in [0.29, 0.717) is 13.0 Å². The first-order valence-electron chi connectivity index (χ1n) is 23.3. The van der Waals surface area contributed by atoms with Crippen molar-refractivity contribution in [3.05, 3.63) is 85.1 Å². The smallest absolute Gasteiger partial charge is 0.397 e. The molecule has 12 nitrogen and oxygen atoms in total. The topological polar surface area (TPSA) is 178 Å². The fourth-order valence-electron chi connectivity index (χ4n) is 6.56. The van der Waals surface area contributed by atoms with Gasteiger partial charge in [-0.3, -0.25) is 9.35 Å². The molecule has 0 amide bonds. The summed E-state index contributed by atoms with van der Waals surface area (Å²) >= 11 is 0.